The van der Waals surface area contributed by atoms with Crippen LogP contribution in [0.2, 0.25) is 0 Å². The largest absolute Gasteiger partial charge is 0.465 e. The Bertz CT molecular complexity index is 750. The Morgan fingerprint density at radius 3 is 2.55 bits per heavy atom. The van der Waals surface area contributed by atoms with Crippen molar-refractivity contribution in [3.63, 3.8) is 0 Å². The average Bonchev–Trinajstić information content (AvgIpc) is 2.91. The molecule has 0 radical (unpaired) electrons. The topological polar surface area (TPSA) is 98.5 Å². The van der Waals surface area contributed by atoms with E-state index in [0.717, 1.165) is 0 Å². The van der Waals surface area contributed by atoms with Crippen LogP contribution in [-0.4, -0.2) is 31.8 Å². The van der Waals surface area contributed by atoms with Crippen LogP contribution in [0.4, 0.5) is 5.69 Å². The number of nitrogens with zero attached hydrogens (tertiary/aromatic N) is 1. The van der Waals surface area contributed by atoms with E-state index >= 15 is 0 Å². The molecule has 22 heavy (non-hydrogen) atoms. The lowest BCUT2D eigenvalue weighted by molar-refractivity contribution is -0.118. The highest BCUT2D eigenvalue weighted by molar-refractivity contribution is 7.91. The number of benzene rings is 1. The van der Waals surface area contributed by atoms with Gasteiger partial charge in [0.15, 0.2) is 16.4 Å². The van der Waals surface area contributed by atoms with Crippen LogP contribution < -0.4 is 10.1 Å². The third-order valence-electron chi connectivity index (χ3n) is 2.83. The molecule has 8 heteroatoms. The molecule has 0 aliphatic rings. The van der Waals surface area contributed by atoms with Gasteiger partial charge in [-0.15, -0.1) is 0 Å². The number of amides is 1. The number of carbonyl (C=O) groups is 1. The van der Waals surface area contributed by atoms with Gasteiger partial charge in [-0.1, -0.05) is 6.92 Å². The van der Waals surface area contributed by atoms with E-state index in [4.69, 9.17) is 9.26 Å². The highest BCUT2D eigenvalue weighted by atomic mass is 32.2. The summed E-state index contributed by atoms with van der Waals surface area (Å²) in [6.45, 7) is 3.07. The van der Waals surface area contributed by atoms with Crippen LogP contribution >= 0.6 is 0 Å². The normalized spacial score (nSPS) is 11.2. The molecular weight excluding hydrogens is 308 g/mol. The minimum Gasteiger partial charge on any atom is -0.465 e. The predicted octanol–water partition coefficient (Wildman–Crippen LogP) is 1.79. The first-order chi connectivity index (χ1) is 10.4. The fourth-order valence-electron chi connectivity index (χ4n) is 1.66. The number of hydrogen-bond donors (Lipinski definition) is 1. The summed E-state index contributed by atoms with van der Waals surface area (Å²) >= 11 is 0. The highest BCUT2D eigenvalue weighted by Gasteiger charge is 2.11. The molecular formula is C14H16N2O5S. The summed E-state index contributed by atoms with van der Waals surface area (Å²) in [5.74, 6) is 0.468. The van der Waals surface area contributed by atoms with Crippen molar-refractivity contribution in [3.8, 4) is 5.88 Å². The molecule has 2 aromatic rings. The Kier molecular flexibility index (Phi) is 4.81. The van der Waals surface area contributed by atoms with Gasteiger partial charge >= 0.3 is 0 Å². The predicted molar refractivity (Wildman–Crippen MR) is 79.5 cm³/mol. The fourth-order valence-corrected chi connectivity index (χ4v) is 2.54. The van der Waals surface area contributed by atoms with E-state index in [9.17, 15) is 13.2 Å². The second-order valence-corrected chi connectivity index (χ2v) is 6.82. The van der Waals surface area contributed by atoms with Crippen LogP contribution in [-0.2, 0) is 14.6 Å². The summed E-state index contributed by atoms with van der Waals surface area (Å²) in [7, 11) is -3.24. The molecule has 0 spiro atoms. The van der Waals surface area contributed by atoms with Gasteiger partial charge in [0.1, 0.15) is 5.76 Å². The van der Waals surface area contributed by atoms with Gasteiger partial charge in [-0.05, 0) is 36.3 Å². The lowest BCUT2D eigenvalue weighted by Crippen LogP contribution is -2.20. The van der Waals surface area contributed by atoms with Crippen molar-refractivity contribution in [2.24, 2.45) is 0 Å². The van der Waals surface area contributed by atoms with E-state index in [2.05, 4.69) is 10.5 Å². The lowest BCUT2D eigenvalue weighted by atomic mass is 10.3. The summed E-state index contributed by atoms with van der Waals surface area (Å²) < 4.78 is 33.3. The summed E-state index contributed by atoms with van der Waals surface area (Å²) in [6.07, 6.45) is 0. The number of sulfone groups is 1. The number of ether oxygens (including phenoxy) is 1. The van der Waals surface area contributed by atoms with E-state index in [0.29, 0.717) is 11.4 Å². The smallest absolute Gasteiger partial charge is 0.262 e. The Morgan fingerprint density at radius 2 is 2.00 bits per heavy atom. The first-order valence-corrected chi connectivity index (χ1v) is 8.25. The van der Waals surface area contributed by atoms with Crippen molar-refractivity contribution in [2.45, 2.75) is 18.7 Å². The van der Waals surface area contributed by atoms with Crippen molar-refractivity contribution in [3.05, 3.63) is 36.1 Å². The summed E-state index contributed by atoms with van der Waals surface area (Å²) in [4.78, 5) is 11.9. The summed E-state index contributed by atoms with van der Waals surface area (Å²) in [5, 5.41) is 6.20. The molecule has 0 fully saturated rings. The molecule has 1 aromatic carbocycles. The van der Waals surface area contributed by atoms with Crippen LogP contribution in [0, 0.1) is 6.92 Å². The number of anilines is 1. The molecule has 0 atom stereocenters. The Labute approximate surface area is 128 Å². The molecule has 0 saturated carbocycles. The molecule has 0 aliphatic carbocycles. The molecule has 118 valence electrons. The van der Waals surface area contributed by atoms with Crippen molar-refractivity contribution < 1.29 is 22.5 Å². The van der Waals surface area contributed by atoms with Gasteiger partial charge in [0.05, 0.1) is 10.6 Å². The Hall–Kier alpha value is -2.35. The molecule has 0 unspecified atom stereocenters. The molecule has 1 N–H and O–H groups in total. The van der Waals surface area contributed by atoms with E-state index in [-0.39, 0.29) is 29.0 Å². The number of nitrogens with one attached hydrogen (secondary N) is 1. The lowest BCUT2D eigenvalue weighted by Gasteiger charge is -2.06. The van der Waals surface area contributed by atoms with E-state index < -0.39 is 9.84 Å². The van der Waals surface area contributed by atoms with Crippen LogP contribution in [0.15, 0.2) is 39.8 Å². The van der Waals surface area contributed by atoms with Gasteiger partial charge in [-0.3, -0.25) is 4.79 Å². The van der Waals surface area contributed by atoms with Gasteiger partial charge in [-0.25, -0.2) is 8.42 Å². The standard InChI is InChI=1S/C14H16N2O5S/c1-3-22(18,19)12-6-4-11(5-7-12)15-13(17)9-20-14-8-10(2)21-16-14/h4-8H,3,9H2,1-2H3,(H,15,17). The van der Waals surface area contributed by atoms with Crippen LogP contribution in [0.5, 0.6) is 5.88 Å². The second-order valence-electron chi connectivity index (χ2n) is 4.54. The van der Waals surface area contributed by atoms with Crippen molar-refractivity contribution in [2.75, 3.05) is 17.7 Å². The zero-order valence-electron chi connectivity index (χ0n) is 12.2. The highest BCUT2D eigenvalue weighted by Crippen LogP contribution is 2.15. The number of aryl methyl sites for hydroxylation is 1. The van der Waals surface area contributed by atoms with E-state index in [1.54, 1.807) is 19.9 Å². The zero-order chi connectivity index (χ0) is 16.2. The minimum absolute atomic E-state index is 0.0314. The van der Waals surface area contributed by atoms with E-state index in [1.807, 2.05) is 0 Å². The fraction of sp³-hybridized carbons (Fsp3) is 0.286. The SMILES string of the molecule is CCS(=O)(=O)c1ccc(NC(=O)COc2cc(C)on2)cc1. The van der Waals surface area contributed by atoms with E-state index in [1.165, 1.54) is 24.3 Å². The second kappa shape index (κ2) is 6.61. The zero-order valence-corrected chi connectivity index (χ0v) is 13.0. The van der Waals surface area contributed by atoms with Gasteiger partial charge in [0, 0.05) is 11.8 Å². The molecule has 0 bridgehead atoms. The number of aromatic nitrogens is 1. The maximum Gasteiger partial charge on any atom is 0.262 e. The quantitative estimate of drug-likeness (QED) is 0.870. The molecule has 7 nitrogen and oxygen atoms in total. The van der Waals surface area contributed by atoms with Gasteiger partial charge in [0.25, 0.3) is 11.8 Å². The summed E-state index contributed by atoms with van der Waals surface area (Å²) in [5.41, 5.74) is 0.486. The third kappa shape index (κ3) is 4.08. The molecule has 1 heterocycles. The molecule has 1 aromatic heterocycles. The van der Waals surface area contributed by atoms with Crippen LogP contribution in [0.25, 0.3) is 0 Å². The Morgan fingerprint density at radius 1 is 1.32 bits per heavy atom. The van der Waals surface area contributed by atoms with Crippen molar-refractivity contribution in [1.82, 2.24) is 5.16 Å². The summed E-state index contributed by atoms with van der Waals surface area (Å²) in [6, 6.07) is 7.53. The van der Waals surface area contributed by atoms with Crippen molar-refractivity contribution >= 4 is 21.4 Å². The van der Waals surface area contributed by atoms with Gasteiger partial charge in [-0.2, -0.15) is 0 Å². The maximum atomic E-state index is 11.7. The van der Waals surface area contributed by atoms with Crippen molar-refractivity contribution in [1.29, 1.82) is 0 Å². The molecule has 0 aliphatic heterocycles. The van der Waals surface area contributed by atoms with Gasteiger partial charge in [0.2, 0.25) is 0 Å². The average molecular weight is 324 g/mol. The molecule has 0 saturated heterocycles. The third-order valence-corrected chi connectivity index (χ3v) is 4.59. The maximum absolute atomic E-state index is 11.7. The number of rotatable bonds is 6. The Balaban J connectivity index is 1.91. The minimum atomic E-state index is -3.24. The molecule has 2 rings (SSSR count). The van der Waals surface area contributed by atoms with Gasteiger partial charge < -0.3 is 14.6 Å². The molecule has 1 amide bonds. The number of hydrogen-bond acceptors (Lipinski definition) is 6. The van der Waals surface area contributed by atoms with Crippen LogP contribution in [0.1, 0.15) is 12.7 Å². The first-order valence-electron chi connectivity index (χ1n) is 6.59. The first kappa shape index (κ1) is 16.0. The van der Waals surface area contributed by atoms with Crippen LogP contribution in [0.3, 0.4) is 0 Å². The monoisotopic (exact) mass is 324 g/mol. The number of carbonyl (C=O) groups excluding carboxylic acids is 1.